The van der Waals surface area contributed by atoms with E-state index in [0.717, 1.165) is 19.5 Å². The lowest BCUT2D eigenvalue weighted by Gasteiger charge is -2.30. The molecule has 0 spiro atoms. The highest BCUT2D eigenvalue weighted by atomic mass is 35.5. The van der Waals surface area contributed by atoms with Crippen LogP contribution in [0.25, 0.3) is 0 Å². The lowest BCUT2D eigenvalue weighted by molar-refractivity contribution is 0.0600. The van der Waals surface area contributed by atoms with E-state index in [9.17, 15) is 13.2 Å². The molecule has 2 rings (SSSR count). The number of esters is 1. The Morgan fingerprint density at radius 2 is 2.13 bits per heavy atom. The van der Waals surface area contributed by atoms with Crippen molar-refractivity contribution < 1.29 is 17.9 Å². The average Bonchev–Trinajstić information content (AvgIpc) is 2.48. The molecule has 0 aliphatic carbocycles. The second-order valence-corrected chi connectivity index (χ2v) is 7.42. The molecule has 2 unspecified atom stereocenters. The fraction of sp³-hybridized carbons (Fsp3) is 0.500. The zero-order valence-corrected chi connectivity index (χ0v) is 15.2. The third kappa shape index (κ3) is 4.81. The van der Waals surface area contributed by atoms with Crippen LogP contribution in [0.5, 0.6) is 0 Å². The number of benzene rings is 1. The molecular weight excluding hydrogens is 363 g/mol. The molecule has 1 aliphatic heterocycles. The Labute approximate surface area is 147 Å². The molecule has 1 saturated heterocycles. The Bertz CT molecular complexity index is 667. The second-order valence-electron chi connectivity index (χ2n) is 5.33. The minimum Gasteiger partial charge on any atom is -0.465 e. The molecule has 2 N–H and O–H groups in total. The minimum absolute atomic E-state index is 0. The van der Waals surface area contributed by atoms with Crippen molar-refractivity contribution in [2.75, 3.05) is 20.2 Å². The smallest absolute Gasteiger partial charge is 0.337 e. The zero-order chi connectivity index (χ0) is 16.3. The summed E-state index contributed by atoms with van der Waals surface area (Å²) in [4.78, 5) is 11.4. The van der Waals surface area contributed by atoms with Crippen LogP contribution in [0.2, 0.25) is 5.02 Å². The number of rotatable bonds is 4. The van der Waals surface area contributed by atoms with Gasteiger partial charge in [0, 0.05) is 6.04 Å². The number of piperidine rings is 1. The van der Waals surface area contributed by atoms with Gasteiger partial charge in [0.15, 0.2) is 0 Å². The number of carbonyl (C=O) groups is 1. The van der Waals surface area contributed by atoms with Gasteiger partial charge in [0.1, 0.15) is 4.90 Å². The Balaban J connectivity index is 0.00000264. The van der Waals surface area contributed by atoms with E-state index in [2.05, 4.69) is 14.8 Å². The van der Waals surface area contributed by atoms with Gasteiger partial charge in [0.25, 0.3) is 0 Å². The molecule has 0 saturated carbocycles. The van der Waals surface area contributed by atoms with Gasteiger partial charge in [0.2, 0.25) is 10.0 Å². The molecule has 1 aromatic rings. The monoisotopic (exact) mass is 382 g/mol. The number of hydrogen-bond donors (Lipinski definition) is 2. The van der Waals surface area contributed by atoms with E-state index in [-0.39, 0.29) is 39.8 Å². The SMILES string of the molecule is COC(=O)c1ccc(S(=O)(=O)NC2CCNCC2C)c(Cl)c1.Cl. The van der Waals surface area contributed by atoms with Crippen LogP contribution in [0.1, 0.15) is 23.7 Å². The molecule has 1 aliphatic rings. The Morgan fingerprint density at radius 1 is 1.43 bits per heavy atom. The van der Waals surface area contributed by atoms with Crippen LogP contribution in [-0.2, 0) is 14.8 Å². The van der Waals surface area contributed by atoms with Gasteiger partial charge in [-0.3, -0.25) is 0 Å². The van der Waals surface area contributed by atoms with Crippen LogP contribution >= 0.6 is 24.0 Å². The van der Waals surface area contributed by atoms with Crippen LogP contribution < -0.4 is 10.0 Å². The van der Waals surface area contributed by atoms with Gasteiger partial charge in [0.05, 0.1) is 17.7 Å². The van der Waals surface area contributed by atoms with Crippen LogP contribution in [-0.4, -0.2) is 40.6 Å². The first kappa shape index (κ1) is 20.2. The summed E-state index contributed by atoms with van der Waals surface area (Å²) in [5.74, 6) is -0.373. The number of nitrogens with one attached hydrogen (secondary N) is 2. The van der Waals surface area contributed by atoms with E-state index in [1.54, 1.807) is 0 Å². The summed E-state index contributed by atoms with van der Waals surface area (Å²) in [6.45, 7) is 3.52. The fourth-order valence-electron chi connectivity index (χ4n) is 2.42. The van der Waals surface area contributed by atoms with Crippen molar-refractivity contribution in [3.63, 3.8) is 0 Å². The Kier molecular flexibility index (Phi) is 7.29. The van der Waals surface area contributed by atoms with E-state index in [1.807, 2.05) is 6.92 Å². The van der Waals surface area contributed by atoms with Gasteiger partial charge in [-0.05, 0) is 43.6 Å². The average molecular weight is 383 g/mol. The van der Waals surface area contributed by atoms with Gasteiger partial charge >= 0.3 is 5.97 Å². The highest BCUT2D eigenvalue weighted by molar-refractivity contribution is 7.89. The standard InChI is InChI=1S/C14H19ClN2O4S.ClH/c1-9-8-16-6-5-12(9)17-22(19,20)13-4-3-10(7-11(13)15)14(18)21-2;/h3-4,7,9,12,16-17H,5-6,8H2,1-2H3;1H. The van der Waals surface area contributed by atoms with Crippen LogP contribution in [0.4, 0.5) is 0 Å². The van der Waals surface area contributed by atoms with Crippen LogP contribution in [0, 0.1) is 5.92 Å². The molecule has 0 radical (unpaired) electrons. The van der Waals surface area contributed by atoms with Gasteiger partial charge in [-0.15, -0.1) is 12.4 Å². The highest BCUT2D eigenvalue weighted by Crippen LogP contribution is 2.24. The lowest BCUT2D eigenvalue weighted by atomic mass is 9.97. The summed E-state index contributed by atoms with van der Waals surface area (Å²) in [6.07, 6.45) is 0.720. The lowest BCUT2D eigenvalue weighted by Crippen LogP contribution is -2.48. The number of ether oxygens (including phenoxy) is 1. The molecule has 1 fully saturated rings. The maximum atomic E-state index is 12.5. The second kappa shape index (κ2) is 8.30. The van der Waals surface area contributed by atoms with Crippen molar-refractivity contribution in [2.45, 2.75) is 24.3 Å². The molecule has 130 valence electrons. The molecule has 1 heterocycles. The predicted octanol–water partition coefficient (Wildman–Crippen LogP) is 1.82. The molecule has 1 aromatic carbocycles. The summed E-state index contributed by atoms with van der Waals surface area (Å²) >= 11 is 6.03. The molecule has 6 nitrogen and oxygen atoms in total. The first-order chi connectivity index (χ1) is 10.3. The van der Waals surface area contributed by atoms with Gasteiger partial charge < -0.3 is 10.1 Å². The van der Waals surface area contributed by atoms with E-state index < -0.39 is 16.0 Å². The van der Waals surface area contributed by atoms with Crippen molar-refractivity contribution in [2.24, 2.45) is 5.92 Å². The maximum Gasteiger partial charge on any atom is 0.337 e. The topological polar surface area (TPSA) is 84.5 Å². The van der Waals surface area contributed by atoms with Crippen molar-refractivity contribution in [1.82, 2.24) is 10.0 Å². The number of carbonyl (C=O) groups excluding carboxylic acids is 1. The van der Waals surface area contributed by atoms with Crippen molar-refractivity contribution >= 4 is 40.0 Å². The molecule has 9 heteroatoms. The van der Waals surface area contributed by atoms with Gasteiger partial charge in [-0.1, -0.05) is 18.5 Å². The van der Waals surface area contributed by atoms with E-state index in [4.69, 9.17) is 11.6 Å². The highest BCUT2D eigenvalue weighted by Gasteiger charge is 2.28. The summed E-state index contributed by atoms with van der Waals surface area (Å²) in [7, 11) is -2.48. The predicted molar refractivity (Wildman–Crippen MR) is 90.8 cm³/mol. The first-order valence-corrected chi connectivity index (χ1v) is 8.82. The molecule has 0 aromatic heterocycles. The minimum atomic E-state index is -3.73. The molecule has 0 amide bonds. The third-order valence-corrected chi connectivity index (χ3v) is 5.71. The van der Waals surface area contributed by atoms with Crippen LogP contribution in [0.15, 0.2) is 23.1 Å². The van der Waals surface area contributed by atoms with Crippen molar-refractivity contribution in [3.8, 4) is 0 Å². The number of methoxy groups -OCH3 is 1. The molecule has 23 heavy (non-hydrogen) atoms. The summed E-state index contributed by atoms with van der Waals surface area (Å²) in [5.41, 5.74) is 0.210. The number of sulfonamides is 1. The summed E-state index contributed by atoms with van der Waals surface area (Å²) < 4.78 is 32.2. The van der Waals surface area contributed by atoms with E-state index >= 15 is 0 Å². The fourth-order valence-corrected chi connectivity index (χ4v) is 4.34. The van der Waals surface area contributed by atoms with Gasteiger partial charge in [-0.2, -0.15) is 0 Å². The zero-order valence-electron chi connectivity index (χ0n) is 12.8. The maximum absolute atomic E-state index is 12.5. The normalized spacial score (nSPS) is 21.3. The first-order valence-electron chi connectivity index (χ1n) is 6.96. The molecular formula is C14H20Cl2N2O4S. The quantitative estimate of drug-likeness (QED) is 0.775. The van der Waals surface area contributed by atoms with Crippen molar-refractivity contribution in [3.05, 3.63) is 28.8 Å². The third-order valence-electron chi connectivity index (χ3n) is 3.73. The van der Waals surface area contributed by atoms with E-state index in [0.29, 0.717) is 0 Å². The Hall–Kier alpha value is -0.860. The van der Waals surface area contributed by atoms with Crippen LogP contribution in [0.3, 0.4) is 0 Å². The number of halogens is 2. The number of hydrogen-bond acceptors (Lipinski definition) is 5. The summed E-state index contributed by atoms with van der Waals surface area (Å²) in [5, 5.41) is 3.21. The van der Waals surface area contributed by atoms with Crippen molar-refractivity contribution in [1.29, 1.82) is 0 Å². The molecule has 2 atom stereocenters. The van der Waals surface area contributed by atoms with E-state index in [1.165, 1.54) is 25.3 Å². The molecule has 0 bridgehead atoms. The van der Waals surface area contributed by atoms with Gasteiger partial charge in [-0.25, -0.2) is 17.9 Å². The Morgan fingerprint density at radius 3 is 2.70 bits per heavy atom. The summed E-state index contributed by atoms with van der Waals surface area (Å²) in [6, 6.07) is 3.87. The largest absolute Gasteiger partial charge is 0.465 e.